The molecular weight excluding hydrogens is 366 g/mol. The largest absolute Gasteiger partial charge is 0.356 e. The molecule has 0 aromatic heterocycles. The smallest absolute Gasteiger partial charge is 0.270 e. The Labute approximate surface area is 142 Å². The van der Waals surface area contributed by atoms with Crippen LogP contribution < -0.4 is 10.6 Å². The summed E-state index contributed by atoms with van der Waals surface area (Å²) < 4.78 is 0.533. The van der Waals surface area contributed by atoms with Crippen molar-refractivity contribution in [2.45, 2.75) is 38.1 Å². The molecule has 2 rings (SSSR count). The Hall–Kier alpha value is -1.96. The van der Waals surface area contributed by atoms with E-state index >= 15 is 0 Å². The van der Waals surface area contributed by atoms with Crippen LogP contribution in [0.5, 0.6) is 0 Å². The van der Waals surface area contributed by atoms with E-state index in [2.05, 4.69) is 26.6 Å². The number of hydrogen-bond acceptors (Lipinski definition) is 4. The van der Waals surface area contributed by atoms with Crippen LogP contribution in [-0.2, 0) is 16.0 Å². The first-order chi connectivity index (χ1) is 11.0. The Morgan fingerprint density at radius 2 is 2.04 bits per heavy atom. The van der Waals surface area contributed by atoms with Gasteiger partial charge in [-0.15, -0.1) is 0 Å². The van der Waals surface area contributed by atoms with Crippen molar-refractivity contribution in [3.8, 4) is 0 Å². The average Bonchev–Trinajstić information content (AvgIpc) is 3.29. The fraction of sp³-hybridized carbons (Fsp3) is 0.467. The van der Waals surface area contributed by atoms with Gasteiger partial charge in [0.05, 0.1) is 11.3 Å². The highest BCUT2D eigenvalue weighted by molar-refractivity contribution is 9.10. The van der Waals surface area contributed by atoms with Crippen molar-refractivity contribution in [1.29, 1.82) is 0 Å². The molecule has 0 spiro atoms. The normalized spacial score (nSPS) is 13.4. The van der Waals surface area contributed by atoms with Gasteiger partial charge in [0.25, 0.3) is 5.69 Å². The van der Waals surface area contributed by atoms with Crippen molar-refractivity contribution in [1.82, 2.24) is 10.6 Å². The van der Waals surface area contributed by atoms with Gasteiger partial charge in [-0.05, 0) is 24.8 Å². The Kier molecular flexibility index (Phi) is 6.09. The summed E-state index contributed by atoms with van der Waals surface area (Å²) in [6.45, 7) is 0.432. The minimum Gasteiger partial charge on any atom is -0.356 e. The number of hydrogen-bond donors (Lipinski definition) is 2. The molecule has 0 saturated heterocycles. The number of nitro benzene ring substituents is 1. The van der Waals surface area contributed by atoms with Crippen LogP contribution in [-0.4, -0.2) is 29.3 Å². The third-order valence-electron chi connectivity index (χ3n) is 3.44. The van der Waals surface area contributed by atoms with Gasteiger partial charge in [-0.3, -0.25) is 19.7 Å². The lowest BCUT2D eigenvalue weighted by Gasteiger charge is -2.07. The minimum absolute atomic E-state index is 0.0253. The van der Waals surface area contributed by atoms with Gasteiger partial charge in [0.2, 0.25) is 11.8 Å². The van der Waals surface area contributed by atoms with Crippen LogP contribution in [0.1, 0.15) is 31.2 Å². The molecular formula is C15H18BrN3O4. The molecule has 1 saturated carbocycles. The quantitative estimate of drug-likeness (QED) is 0.407. The molecule has 1 aromatic rings. The summed E-state index contributed by atoms with van der Waals surface area (Å²) in [6, 6.07) is 4.67. The van der Waals surface area contributed by atoms with Crippen LogP contribution in [0.4, 0.5) is 5.69 Å². The van der Waals surface area contributed by atoms with Gasteiger partial charge < -0.3 is 10.6 Å². The fourth-order valence-corrected chi connectivity index (χ4v) is 2.54. The van der Waals surface area contributed by atoms with E-state index in [9.17, 15) is 19.7 Å². The first kappa shape index (κ1) is 17.4. The number of rotatable bonds is 8. The molecule has 0 aliphatic heterocycles. The van der Waals surface area contributed by atoms with Gasteiger partial charge in [-0.2, -0.15) is 0 Å². The predicted molar refractivity (Wildman–Crippen MR) is 87.9 cm³/mol. The zero-order chi connectivity index (χ0) is 16.8. The first-order valence-electron chi connectivity index (χ1n) is 7.44. The van der Waals surface area contributed by atoms with Crippen molar-refractivity contribution in [2.75, 3.05) is 6.54 Å². The SMILES string of the molecule is O=C(Cc1ccc([N+](=O)[O-])cc1Br)NCCCC(=O)NC1CC1. The Morgan fingerprint density at radius 3 is 2.65 bits per heavy atom. The van der Waals surface area contributed by atoms with E-state index in [0.717, 1.165) is 12.8 Å². The fourth-order valence-electron chi connectivity index (χ4n) is 2.03. The molecule has 0 atom stereocenters. The van der Waals surface area contributed by atoms with Crippen molar-refractivity contribution in [3.05, 3.63) is 38.3 Å². The molecule has 1 fully saturated rings. The van der Waals surface area contributed by atoms with Crippen molar-refractivity contribution in [2.24, 2.45) is 0 Å². The van der Waals surface area contributed by atoms with Crippen molar-refractivity contribution in [3.63, 3.8) is 0 Å². The van der Waals surface area contributed by atoms with Gasteiger partial charge in [-0.25, -0.2) is 0 Å². The van der Waals surface area contributed by atoms with E-state index in [1.165, 1.54) is 12.1 Å². The van der Waals surface area contributed by atoms with Crippen molar-refractivity contribution < 1.29 is 14.5 Å². The lowest BCUT2D eigenvalue weighted by molar-refractivity contribution is -0.384. The van der Waals surface area contributed by atoms with E-state index in [1.807, 2.05) is 0 Å². The molecule has 0 heterocycles. The molecule has 23 heavy (non-hydrogen) atoms. The standard InChI is InChI=1S/C15H18BrN3O4/c16-13-9-12(19(22)23)6-3-10(13)8-15(21)17-7-1-2-14(20)18-11-4-5-11/h3,6,9,11H,1-2,4-5,7-8H2,(H,17,21)(H,18,20). The maximum absolute atomic E-state index is 11.8. The van der Waals surface area contributed by atoms with Crippen LogP contribution in [0.25, 0.3) is 0 Å². The third-order valence-corrected chi connectivity index (χ3v) is 4.18. The number of halogens is 1. The Balaban J connectivity index is 1.69. The number of amides is 2. The predicted octanol–water partition coefficient (Wildman–Crippen LogP) is 2.07. The van der Waals surface area contributed by atoms with Gasteiger partial charge in [0.15, 0.2) is 0 Å². The zero-order valence-electron chi connectivity index (χ0n) is 12.5. The van der Waals surface area contributed by atoms with E-state index in [-0.39, 0.29) is 23.9 Å². The minimum atomic E-state index is -0.485. The molecule has 0 radical (unpaired) electrons. The van der Waals surface area contributed by atoms with Crippen LogP contribution in [0.15, 0.2) is 22.7 Å². The highest BCUT2D eigenvalue weighted by Crippen LogP contribution is 2.23. The van der Waals surface area contributed by atoms with Crippen LogP contribution in [0, 0.1) is 10.1 Å². The number of nitrogens with one attached hydrogen (secondary N) is 2. The van der Waals surface area contributed by atoms with E-state index < -0.39 is 4.92 Å². The lowest BCUT2D eigenvalue weighted by Crippen LogP contribution is -2.29. The van der Waals surface area contributed by atoms with E-state index in [0.29, 0.717) is 35.5 Å². The van der Waals surface area contributed by atoms with Crippen LogP contribution >= 0.6 is 15.9 Å². The van der Waals surface area contributed by atoms with Gasteiger partial charge >= 0.3 is 0 Å². The maximum atomic E-state index is 11.8. The van der Waals surface area contributed by atoms with Gasteiger partial charge in [-0.1, -0.05) is 22.0 Å². The van der Waals surface area contributed by atoms with E-state index in [1.54, 1.807) is 6.07 Å². The second-order valence-electron chi connectivity index (χ2n) is 5.50. The molecule has 2 N–H and O–H groups in total. The second kappa shape index (κ2) is 8.05. The lowest BCUT2D eigenvalue weighted by atomic mass is 10.1. The first-order valence-corrected chi connectivity index (χ1v) is 8.24. The zero-order valence-corrected chi connectivity index (χ0v) is 14.1. The Bertz CT molecular complexity index is 617. The van der Waals surface area contributed by atoms with Crippen LogP contribution in [0.2, 0.25) is 0 Å². The van der Waals surface area contributed by atoms with Gasteiger partial charge in [0.1, 0.15) is 0 Å². The van der Waals surface area contributed by atoms with Crippen molar-refractivity contribution >= 4 is 33.4 Å². The number of benzene rings is 1. The summed E-state index contributed by atoms with van der Waals surface area (Å²) >= 11 is 3.24. The number of carbonyl (C=O) groups excluding carboxylic acids is 2. The Morgan fingerprint density at radius 1 is 1.30 bits per heavy atom. The molecule has 2 amide bonds. The van der Waals surface area contributed by atoms with E-state index in [4.69, 9.17) is 0 Å². The topological polar surface area (TPSA) is 101 Å². The van der Waals surface area contributed by atoms with Gasteiger partial charge in [0, 0.05) is 35.6 Å². The molecule has 1 aromatic carbocycles. The maximum Gasteiger partial charge on any atom is 0.270 e. The molecule has 124 valence electrons. The molecule has 0 bridgehead atoms. The second-order valence-corrected chi connectivity index (χ2v) is 6.36. The summed E-state index contributed by atoms with van der Waals surface area (Å²) in [6.07, 6.45) is 3.25. The highest BCUT2D eigenvalue weighted by Gasteiger charge is 2.22. The summed E-state index contributed by atoms with van der Waals surface area (Å²) in [5, 5.41) is 16.3. The number of nitrogens with zero attached hydrogens (tertiary/aromatic N) is 1. The molecule has 7 nitrogen and oxygen atoms in total. The molecule has 8 heteroatoms. The number of nitro groups is 1. The molecule has 0 unspecified atom stereocenters. The third kappa shape index (κ3) is 5.97. The summed E-state index contributed by atoms with van der Waals surface area (Å²) in [5.41, 5.74) is 0.655. The highest BCUT2D eigenvalue weighted by atomic mass is 79.9. The molecule has 1 aliphatic carbocycles. The summed E-state index contributed by atoms with van der Waals surface area (Å²) in [7, 11) is 0. The number of non-ortho nitro benzene ring substituents is 1. The average molecular weight is 384 g/mol. The van der Waals surface area contributed by atoms with Crippen LogP contribution in [0.3, 0.4) is 0 Å². The molecule has 1 aliphatic rings. The monoisotopic (exact) mass is 383 g/mol. The number of carbonyl (C=O) groups is 2. The summed E-state index contributed by atoms with van der Waals surface area (Å²) in [5.74, 6) is -0.151. The summed E-state index contributed by atoms with van der Waals surface area (Å²) in [4.78, 5) is 33.5.